The fourth-order valence-corrected chi connectivity index (χ4v) is 3.30. The zero-order valence-electron chi connectivity index (χ0n) is 12.3. The van der Waals surface area contributed by atoms with Crippen molar-refractivity contribution in [1.29, 1.82) is 0 Å². The standard InChI is InChI=1S/C14H19FN2O3S/c1-5-17(9-10(2)3)21(19,20)12-6-7-13(15)14(8-12)16-11(4)18/h6-8H,2,5,9H2,1,3-4H3,(H,16,18). The second kappa shape index (κ2) is 6.82. The Labute approximate surface area is 124 Å². The lowest BCUT2D eigenvalue weighted by atomic mass is 10.3. The molecule has 0 radical (unpaired) electrons. The van der Waals surface area contributed by atoms with Gasteiger partial charge in [0.1, 0.15) is 5.82 Å². The molecule has 0 aliphatic heterocycles. The molecule has 0 aliphatic rings. The molecule has 1 N–H and O–H groups in total. The van der Waals surface area contributed by atoms with E-state index in [4.69, 9.17) is 0 Å². The number of sulfonamides is 1. The summed E-state index contributed by atoms with van der Waals surface area (Å²) in [6, 6.07) is 3.32. The fourth-order valence-electron chi connectivity index (χ4n) is 1.77. The van der Waals surface area contributed by atoms with E-state index in [9.17, 15) is 17.6 Å². The molecule has 0 atom stereocenters. The molecule has 0 fully saturated rings. The molecule has 0 aliphatic carbocycles. The van der Waals surface area contributed by atoms with Gasteiger partial charge in [-0.1, -0.05) is 19.1 Å². The average Bonchev–Trinajstić information content (AvgIpc) is 2.37. The van der Waals surface area contributed by atoms with Crippen LogP contribution in [-0.2, 0) is 14.8 Å². The molecule has 1 amide bonds. The van der Waals surface area contributed by atoms with Gasteiger partial charge in [0, 0.05) is 20.0 Å². The Kier molecular flexibility index (Phi) is 5.62. The summed E-state index contributed by atoms with van der Waals surface area (Å²) >= 11 is 0. The SMILES string of the molecule is C=C(C)CN(CC)S(=O)(=O)c1ccc(F)c(NC(C)=O)c1. The molecule has 116 valence electrons. The average molecular weight is 314 g/mol. The quantitative estimate of drug-likeness (QED) is 0.820. The number of halogens is 1. The van der Waals surface area contributed by atoms with Crippen molar-refractivity contribution in [1.82, 2.24) is 4.31 Å². The molecular weight excluding hydrogens is 295 g/mol. The molecule has 0 saturated carbocycles. The third kappa shape index (κ3) is 4.37. The minimum Gasteiger partial charge on any atom is -0.324 e. The summed E-state index contributed by atoms with van der Waals surface area (Å²) in [6.07, 6.45) is 0. The number of benzene rings is 1. The highest BCUT2D eigenvalue weighted by Crippen LogP contribution is 2.23. The first-order chi connectivity index (χ1) is 9.68. The van der Waals surface area contributed by atoms with Gasteiger partial charge in [0.25, 0.3) is 0 Å². The van der Waals surface area contributed by atoms with Crippen molar-refractivity contribution in [2.24, 2.45) is 0 Å². The maximum absolute atomic E-state index is 13.6. The molecule has 0 bridgehead atoms. The van der Waals surface area contributed by atoms with Gasteiger partial charge >= 0.3 is 0 Å². The van der Waals surface area contributed by atoms with Crippen molar-refractivity contribution < 1.29 is 17.6 Å². The number of amides is 1. The predicted molar refractivity (Wildman–Crippen MR) is 80.0 cm³/mol. The molecule has 1 rings (SSSR count). The summed E-state index contributed by atoms with van der Waals surface area (Å²) in [5.41, 5.74) is 0.541. The van der Waals surface area contributed by atoms with Crippen LogP contribution in [0.5, 0.6) is 0 Å². The first-order valence-corrected chi connectivity index (χ1v) is 7.84. The molecule has 21 heavy (non-hydrogen) atoms. The number of carbonyl (C=O) groups excluding carboxylic acids is 1. The fraction of sp³-hybridized carbons (Fsp3) is 0.357. The summed E-state index contributed by atoms with van der Waals surface area (Å²) < 4.78 is 39.8. The number of nitrogens with zero attached hydrogens (tertiary/aromatic N) is 1. The molecule has 0 unspecified atom stereocenters. The van der Waals surface area contributed by atoms with Crippen molar-refractivity contribution in [2.75, 3.05) is 18.4 Å². The highest BCUT2D eigenvalue weighted by Gasteiger charge is 2.24. The Balaban J connectivity index is 3.24. The minimum absolute atomic E-state index is 0.0734. The van der Waals surface area contributed by atoms with Crippen molar-refractivity contribution in [2.45, 2.75) is 25.7 Å². The lowest BCUT2D eigenvalue weighted by Crippen LogP contribution is -2.32. The van der Waals surface area contributed by atoms with Gasteiger partial charge in [0.05, 0.1) is 10.6 Å². The highest BCUT2D eigenvalue weighted by molar-refractivity contribution is 7.89. The molecule has 0 heterocycles. The molecule has 1 aromatic carbocycles. The number of hydrogen-bond acceptors (Lipinski definition) is 3. The van der Waals surface area contributed by atoms with Crippen LogP contribution in [0, 0.1) is 5.82 Å². The van der Waals surface area contributed by atoms with Crippen LogP contribution in [0.1, 0.15) is 20.8 Å². The molecule has 0 saturated heterocycles. The molecule has 1 aromatic rings. The smallest absolute Gasteiger partial charge is 0.243 e. The number of hydrogen-bond donors (Lipinski definition) is 1. The van der Waals surface area contributed by atoms with Gasteiger partial charge < -0.3 is 5.32 Å². The van der Waals surface area contributed by atoms with Crippen molar-refractivity contribution >= 4 is 21.6 Å². The largest absolute Gasteiger partial charge is 0.324 e. The third-order valence-electron chi connectivity index (χ3n) is 2.69. The van der Waals surface area contributed by atoms with Crippen molar-refractivity contribution in [3.8, 4) is 0 Å². The monoisotopic (exact) mass is 314 g/mol. The summed E-state index contributed by atoms with van der Waals surface area (Å²) in [6.45, 7) is 8.81. The molecular formula is C14H19FN2O3S. The molecule has 0 spiro atoms. The summed E-state index contributed by atoms with van der Waals surface area (Å²) in [4.78, 5) is 10.9. The van der Waals surface area contributed by atoms with Gasteiger partial charge in [0.2, 0.25) is 15.9 Å². The molecule has 7 heteroatoms. The highest BCUT2D eigenvalue weighted by atomic mass is 32.2. The van der Waals surface area contributed by atoms with E-state index in [2.05, 4.69) is 11.9 Å². The van der Waals surface area contributed by atoms with Gasteiger partial charge in [-0.2, -0.15) is 4.31 Å². The minimum atomic E-state index is -3.77. The van der Waals surface area contributed by atoms with E-state index >= 15 is 0 Å². The Hall–Kier alpha value is -1.73. The van der Waals surface area contributed by atoms with E-state index in [0.29, 0.717) is 5.57 Å². The zero-order valence-corrected chi connectivity index (χ0v) is 13.1. The third-order valence-corrected chi connectivity index (χ3v) is 4.60. The van der Waals surface area contributed by atoms with E-state index in [0.717, 1.165) is 12.1 Å². The predicted octanol–water partition coefficient (Wildman–Crippen LogP) is 2.37. The Bertz CT molecular complexity index is 656. The van der Waals surface area contributed by atoms with Crippen LogP contribution in [0.3, 0.4) is 0 Å². The lowest BCUT2D eigenvalue weighted by molar-refractivity contribution is -0.114. The van der Waals surface area contributed by atoms with Crippen LogP contribution in [0.4, 0.5) is 10.1 Å². The zero-order chi connectivity index (χ0) is 16.2. The summed E-state index contributed by atoms with van der Waals surface area (Å²) in [5.74, 6) is -1.16. The number of nitrogens with one attached hydrogen (secondary N) is 1. The van der Waals surface area contributed by atoms with Gasteiger partial charge in [-0.3, -0.25) is 4.79 Å². The van der Waals surface area contributed by atoms with E-state index in [1.165, 1.54) is 17.3 Å². The number of likely N-dealkylation sites (N-methyl/N-ethyl adjacent to an activating group) is 1. The number of carbonyl (C=O) groups is 1. The van der Waals surface area contributed by atoms with E-state index in [1.807, 2.05) is 0 Å². The summed E-state index contributed by atoms with van der Waals surface area (Å²) in [7, 11) is -3.77. The lowest BCUT2D eigenvalue weighted by Gasteiger charge is -2.21. The van der Waals surface area contributed by atoms with Gasteiger partial charge in [-0.05, 0) is 25.1 Å². The van der Waals surface area contributed by atoms with Crippen molar-refractivity contribution in [3.63, 3.8) is 0 Å². The van der Waals surface area contributed by atoms with Crippen LogP contribution >= 0.6 is 0 Å². The Morgan fingerprint density at radius 1 is 1.38 bits per heavy atom. The van der Waals surface area contributed by atoms with Crippen LogP contribution in [0.15, 0.2) is 35.2 Å². The molecule has 0 aromatic heterocycles. The van der Waals surface area contributed by atoms with Crippen LogP contribution in [-0.4, -0.2) is 31.7 Å². The van der Waals surface area contributed by atoms with E-state index in [-0.39, 0.29) is 23.7 Å². The summed E-state index contributed by atoms with van der Waals surface area (Å²) in [5, 5.41) is 2.27. The normalized spacial score (nSPS) is 11.5. The van der Waals surface area contributed by atoms with E-state index < -0.39 is 21.7 Å². The van der Waals surface area contributed by atoms with Gasteiger partial charge in [0.15, 0.2) is 0 Å². The maximum atomic E-state index is 13.6. The van der Waals surface area contributed by atoms with Crippen LogP contribution < -0.4 is 5.32 Å². The van der Waals surface area contributed by atoms with E-state index in [1.54, 1.807) is 13.8 Å². The maximum Gasteiger partial charge on any atom is 0.243 e. The Morgan fingerprint density at radius 2 is 2.00 bits per heavy atom. The van der Waals surface area contributed by atoms with Crippen LogP contribution in [0.25, 0.3) is 0 Å². The van der Waals surface area contributed by atoms with Crippen molar-refractivity contribution in [3.05, 3.63) is 36.2 Å². The Morgan fingerprint density at radius 3 is 2.48 bits per heavy atom. The number of anilines is 1. The first-order valence-electron chi connectivity index (χ1n) is 6.40. The second-order valence-electron chi connectivity index (χ2n) is 4.71. The topological polar surface area (TPSA) is 66.5 Å². The first kappa shape index (κ1) is 17.3. The number of rotatable bonds is 6. The molecule has 5 nitrogen and oxygen atoms in total. The van der Waals surface area contributed by atoms with Crippen LogP contribution in [0.2, 0.25) is 0 Å². The van der Waals surface area contributed by atoms with Gasteiger partial charge in [-0.25, -0.2) is 12.8 Å². The van der Waals surface area contributed by atoms with Gasteiger partial charge in [-0.15, -0.1) is 0 Å². The second-order valence-corrected chi connectivity index (χ2v) is 6.65.